The molecule has 0 heterocycles. The minimum Gasteiger partial charge on any atom is -0.392 e. The Morgan fingerprint density at radius 2 is 2.00 bits per heavy atom. The van der Waals surface area contributed by atoms with Crippen LogP contribution in [0.25, 0.3) is 0 Å². The average Bonchev–Trinajstić information content (AvgIpc) is 3.14. The standard InChI is InChI=1S/C24H43NO2/c1-3-4-9-18(2)14-21(26)11-12-22-23-16-19(10-7-5-6-8-13-25)15-20(23)17-24(22)27/h11-12,15,18,20-24,26-27H,3-10,13-14,16-17,25H2,1-2H3/t18-,20-,21+,22+,23-,24+/m0/s1. The predicted octanol–water partition coefficient (Wildman–Crippen LogP) is 4.97. The van der Waals surface area contributed by atoms with Crippen molar-refractivity contribution in [3.05, 3.63) is 23.8 Å². The van der Waals surface area contributed by atoms with Crippen LogP contribution in [0.4, 0.5) is 0 Å². The van der Waals surface area contributed by atoms with E-state index in [1.54, 1.807) is 5.57 Å². The third kappa shape index (κ3) is 7.36. The summed E-state index contributed by atoms with van der Waals surface area (Å²) in [7, 11) is 0. The summed E-state index contributed by atoms with van der Waals surface area (Å²) in [6, 6.07) is 0. The quantitative estimate of drug-likeness (QED) is 0.313. The largest absolute Gasteiger partial charge is 0.392 e. The molecule has 2 aliphatic carbocycles. The zero-order valence-corrected chi connectivity index (χ0v) is 17.7. The topological polar surface area (TPSA) is 66.5 Å². The molecule has 0 spiro atoms. The normalized spacial score (nSPS) is 29.9. The summed E-state index contributed by atoms with van der Waals surface area (Å²) in [5.74, 6) is 1.85. The molecular weight excluding hydrogens is 334 g/mol. The summed E-state index contributed by atoms with van der Waals surface area (Å²) >= 11 is 0. The van der Waals surface area contributed by atoms with Gasteiger partial charge in [-0.2, -0.15) is 0 Å². The lowest BCUT2D eigenvalue weighted by Gasteiger charge is -2.19. The number of rotatable bonds is 13. The zero-order valence-electron chi connectivity index (χ0n) is 17.7. The monoisotopic (exact) mass is 377 g/mol. The van der Waals surface area contributed by atoms with Crippen molar-refractivity contribution in [2.75, 3.05) is 6.54 Å². The highest BCUT2D eigenvalue weighted by molar-refractivity contribution is 5.21. The van der Waals surface area contributed by atoms with Crippen LogP contribution in [0.3, 0.4) is 0 Å². The molecule has 0 radical (unpaired) electrons. The van der Waals surface area contributed by atoms with E-state index >= 15 is 0 Å². The maximum Gasteiger partial charge on any atom is 0.0723 e. The Balaban J connectivity index is 1.77. The molecular formula is C24H43NO2. The second kappa shape index (κ2) is 12.0. The van der Waals surface area contributed by atoms with Gasteiger partial charge < -0.3 is 15.9 Å². The highest BCUT2D eigenvalue weighted by Gasteiger charge is 2.43. The van der Waals surface area contributed by atoms with Gasteiger partial charge in [0.1, 0.15) is 0 Å². The fraction of sp³-hybridized carbons (Fsp3) is 0.833. The van der Waals surface area contributed by atoms with Crippen LogP contribution >= 0.6 is 0 Å². The van der Waals surface area contributed by atoms with Crippen molar-refractivity contribution in [2.24, 2.45) is 29.4 Å². The maximum absolute atomic E-state index is 10.5. The number of hydrogen-bond donors (Lipinski definition) is 3. The van der Waals surface area contributed by atoms with Crippen LogP contribution in [0.15, 0.2) is 23.8 Å². The van der Waals surface area contributed by atoms with Gasteiger partial charge in [0.2, 0.25) is 0 Å². The van der Waals surface area contributed by atoms with Gasteiger partial charge in [-0.05, 0) is 62.8 Å². The Hall–Kier alpha value is -0.640. The number of aliphatic hydroxyl groups is 2. The Kier molecular flexibility index (Phi) is 10.1. The summed E-state index contributed by atoms with van der Waals surface area (Å²) in [5, 5.41) is 20.8. The maximum atomic E-state index is 10.5. The Morgan fingerprint density at radius 3 is 2.74 bits per heavy atom. The molecule has 0 aromatic carbocycles. The minimum absolute atomic E-state index is 0.210. The summed E-state index contributed by atoms with van der Waals surface area (Å²) in [4.78, 5) is 0. The molecule has 1 saturated carbocycles. The summed E-state index contributed by atoms with van der Waals surface area (Å²) in [6.07, 6.45) is 18.6. The number of allylic oxidation sites excluding steroid dienone is 2. The number of unbranched alkanes of at least 4 members (excludes halogenated alkanes) is 4. The van der Waals surface area contributed by atoms with E-state index in [0.717, 1.165) is 32.2 Å². The zero-order chi connectivity index (χ0) is 19.6. The van der Waals surface area contributed by atoms with E-state index in [9.17, 15) is 10.2 Å². The van der Waals surface area contributed by atoms with Crippen LogP contribution in [0.5, 0.6) is 0 Å². The van der Waals surface area contributed by atoms with Gasteiger partial charge >= 0.3 is 0 Å². The van der Waals surface area contributed by atoms with Crippen LogP contribution in [0, 0.1) is 23.7 Å². The molecule has 0 unspecified atom stereocenters. The first-order valence-corrected chi connectivity index (χ1v) is 11.5. The van der Waals surface area contributed by atoms with E-state index in [-0.39, 0.29) is 18.1 Å². The predicted molar refractivity (Wildman–Crippen MR) is 114 cm³/mol. The van der Waals surface area contributed by atoms with Crippen molar-refractivity contribution in [2.45, 2.75) is 96.7 Å². The molecule has 3 nitrogen and oxygen atoms in total. The lowest BCUT2D eigenvalue weighted by molar-refractivity contribution is 0.139. The second-order valence-corrected chi connectivity index (χ2v) is 9.13. The number of nitrogens with two attached hydrogens (primary N) is 1. The highest BCUT2D eigenvalue weighted by atomic mass is 16.3. The molecule has 27 heavy (non-hydrogen) atoms. The fourth-order valence-corrected chi connectivity index (χ4v) is 5.06. The third-order valence-electron chi connectivity index (χ3n) is 6.65. The van der Waals surface area contributed by atoms with E-state index in [1.807, 2.05) is 6.08 Å². The third-order valence-corrected chi connectivity index (χ3v) is 6.65. The van der Waals surface area contributed by atoms with Gasteiger partial charge in [0.15, 0.2) is 0 Å². The molecule has 0 aliphatic heterocycles. The van der Waals surface area contributed by atoms with Gasteiger partial charge in [0, 0.05) is 5.92 Å². The van der Waals surface area contributed by atoms with E-state index in [2.05, 4.69) is 26.0 Å². The summed E-state index contributed by atoms with van der Waals surface area (Å²) < 4.78 is 0. The van der Waals surface area contributed by atoms with Gasteiger partial charge in [0.25, 0.3) is 0 Å². The van der Waals surface area contributed by atoms with Crippen LogP contribution in [-0.2, 0) is 0 Å². The molecule has 0 aromatic heterocycles. The first-order valence-electron chi connectivity index (χ1n) is 11.5. The molecule has 0 amide bonds. The first kappa shape index (κ1) is 22.6. The molecule has 156 valence electrons. The fourth-order valence-electron chi connectivity index (χ4n) is 5.06. The van der Waals surface area contributed by atoms with Crippen LogP contribution in [0.2, 0.25) is 0 Å². The molecule has 0 bridgehead atoms. The summed E-state index contributed by atoms with van der Waals surface area (Å²) in [5.41, 5.74) is 7.16. The van der Waals surface area contributed by atoms with Crippen molar-refractivity contribution in [1.29, 1.82) is 0 Å². The van der Waals surface area contributed by atoms with Gasteiger partial charge in [-0.3, -0.25) is 0 Å². The number of fused-ring (bicyclic) bond motifs is 1. The molecule has 2 aliphatic rings. The van der Waals surface area contributed by atoms with Crippen molar-refractivity contribution in [1.82, 2.24) is 0 Å². The van der Waals surface area contributed by atoms with E-state index < -0.39 is 0 Å². The Labute approximate surface area is 167 Å². The Morgan fingerprint density at radius 1 is 1.22 bits per heavy atom. The molecule has 2 rings (SSSR count). The average molecular weight is 378 g/mol. The lowest BCUT2D eigenvalue weighted by Crippen LogP contribution is -2.18. The van der Waals surface area contributed by atoms with Gasteiger partial charge in [-0.25, -0.2) is 0 Å². The number of hydrogen-bond acceptors (Lipinski definition) is 3. The van der Waals surface area contributed by atoms with Crippen LogP contribution in [-0.4, -0.2) is 29.0 Å². The van der Waals surface area contributed by atoms with Crippen LogP contribution < -0.4 is 5.73 Å². The smallest absolute Gasteiger partial charge is 0.0723 e. The van der Waals surface area contributed by atoms with E-state index in [4.69, 9.17) is 5.73 Å². The second-order valence-electron chi connectivity index (χ2n) is 9.13. The molecule has 0 saturated heterocycles. The van der Waals surface area contributed by atoms with Gasteiger partial charge in [-0.1, -0.05) is 69.8 Å². The molecule has 0 aromatic rings. The Bertz CT molecular complexity index is 473. The molecule has 4 N–H and O–H groups in total. The molecule has 3 heteroatoms. The molecule has 1 fully saturated rings. The summed E-state index contributed by atoms with van der Waals surface area (Å²) in [6.45, 7) is 5.25. The van der Waals surface area contributed by atoms with Gasteiger partial charge in [-0.15, -0.1) is 0 Å². The van der Waals surface area contributed by atoms with Crippen molar-refractivity contribution < 1.29 is 10.2 Å². The lowest BCUT2D eigenvalue weighted by atomic mass is 9.88. The van der Waals surface area contributed by atoms with E-state index in [0.29, 0.717) is 17.8 Å². The van der Waals surface area contributed by atoms with Crippen molar-refractivity contribution in [3.63, 3.8) is 0 Å². The SMILES string of the molecule is CCCC[C@H](C)C[C@H](O)C=C[C@@H]1[C@H]2CC(CCCCCCN)=C[C@H]2C[C@H]1O. The van der Waals surface area contributed by atoms with Crippen molar-refractivity contribution >= 4 is 0 Å². The highest BCUT2D eigenvalue weighted by Crippen LogP contribution is 2.48. The van der Waals surface area contributed by atoms with Crippen molar-refractivity contribution in [3.8, 4) is 0 Å². The van der Waals surface area contributed by atoms with Gasteiger partial charge in [0.05, 0.1) is 12.2 Å². The number of aliphatic hydroxyl groups excluding tert-OH is 2. The minimum atomic E-state index is -0.375. The van der Waals surface area contributed by atoms with E-state index in [1.165, 1.54) is 44.9 Å². The molecule has 6 atom stereocenters. The van der Waals surface area contributed by atoms with Crippen LogP contribution in [0.1, 0.15) is 84.5 Å². The first-order chi connectivity index (χ1) is 13.0.